The molecule has 0 spiro atoms. The minimum atomic E-state index is -2.11. The first kappa shape index (κ1) is 5.60. The molecule has 0 heterocycles. The molecular weight excluding hydrogens is 152 g/mol. The third-order valence-corrected chi connectivity index (χ3v) is 1.69. The second-order valence-electron chi connectivity index (χ2n) is 2.49. The maximum atomic E-state index is 9.62. The molecule has 0 saturated heterocycles. The summed E-state index contributed by atoms with van der Waals surface area (Å²) in [5.74, 6) is 0.680. The molecule has 0 aliphatic rings. The molecule has 1 aromatic carbocycles. The number of methoxy groups -OCH3 is 1. The van der Waals surface area contributed by atoms with Crippen LogP contribution in [0.15, 0.2) is 24.3 Å². The number of hydrogen-bond donors (Lipinski definition) is 1. The zero-order valence-corrected chi connectivity index (χ0v) is 6.95. The topological polar surface area (TPSA) is 29.5 Å². The molecule has 0 radical (unpaired) electrons. The zero-order valence-electron chi connectivity index (χ0n) is 9.95. The Morgan fingerprint density at radius 3 is 2.67 bits per heavy atom. The Morgan fingerprint density at radius 1 is 1.50 bits per heavy atom. The molecule has 66 valence electrons. The fraction of sp³-hybridized carbons (Fsp3) is 0.400. The van der Waals surface area contributed by atoms with Gasteiger partial charge in [0.2, 0.25) is 0 Å². The van der Waals surface area contributed by atoms with E-state index < -0.39 is 13.0 Å². The van der Waals surface area contributed by atoms with E-state index in [2.05, 4.69) is 0 Å². The van der Waals surface area contributed by atoms with Gasteiger partial charge in [0.15, 0.2) is 0 Å². The van der Waals surface area contributed by atoms with E-state index in [9.17, 15) is 5.11 Å². The van der Waals surface area contributed by atoms with Crippen LogP contribution < -0.4 is 4.74 Å². The Morgan fingerprint density at radius 2 is 2.17 bits per heavy atom. The average Bonchev–Trinajstić information content (AvgIpc) is 2.15. The van der Waals surface area contributed by atoms with Gasteiger partial charge in [0.25, 0.3) is 0 Å². The molecule has 0 aliphatic carbocycles. The maximum absolute atomic E-state index is 9.62. The molecule has 12 heavy (non-hydrogen) atoms. The van der Waals surface area contributed by atoms with Gasteiger partial charge in [-0.15, -0.1) is 0 Å². The van der Waals surface area contributed by atoms with Crippen molar-refractivity contribution in [1.29, 1.82) is 0 Å². The Kier molecular flexibility index (Phi) is 1.92. The summed E-state index contributed by atoms with van der Waals surface area (Å²) >= 11 is 0. The fourth-order valence-corrected chi connectivity index (χ4v) is 0.944. The monoisotopic (exact) mass is 169 g/mol. The van der Waals surface area contributed by atoms with Gasteiger partial charge in [0.1, 0.15) is 5.75 Å². The first-order chi connectivity index (χ1) is 6.92. The molecule has 0 amide bonds. The van der Waals surface area contributed by atoms with Crippen molar-refractivity contribution in [3.63, 3.8) is 0 Å². The SMILES string of the molecule is [2H]C([2H])([2H])CC(O)c1ccc(OC)cc1. The van der Waals surface area contributed by atoms with Gasteiger partial charge < -0.3 is 9.84 Å². The van der Waals surface area contributed by atoms with E-state index in [0.29, 0.717) is 11.3 Å². The van der Waals surface area contributed by atoms with Crippen molar-refractivity contribution in [2.75, 3.05) is 7.11 Å². The molecule has 0 bridgehead atoms. The van der Waals surface area contributed by atoms with Gasteiger partial charge in [0, 0.05) is 4.11 Å². The molecule has 1 N–H and O–H groups in total. The first-order valence-electron chi connectivity index (χ1n) is 5.24. The van der Waals surface area contributed by atoms with Crippen LogP contribution in [-0.4, -0.2) is 12.2 Å². The lowest BCUT2D eigenvalue weighted by atomic mass is 10.1. The summed E-state index contributed by atoms with van der Waals surface area (Å²) in [7, 11) is 1.55. The highest BCUT2D eigenvalue weighted by Gasteiger charge is 2.03. The standard InChI is InChI=1S/C10H14O2/c1-3-10(11)8-4-6-9(12-2)7-5-8/h4-7,10-11H,3H2,1-2H3/i1D3. The highest BCUT2D eigenvalue weighted by Crippen LogP contribution is 2.19. The highest BCUT2D eigenvalue weighted by atomic mass is 16.5. The Balaban J connectivity index is 2.70. The van der Waals surface area contributed by atoms with Gasteiger partial charge in [-0.2, -0.15) is 0 Å². The van der Waals surface area contributed by atoms with Crippen LogP contribution in [-0.2, 0) is 0 Å². The molecule has 0 fully saturated rings. The Hall–Kier alpha value is -1.02. The predicted octanol–water partition coefficient (Wildman–Crippen LogP) is 2.14. The van der Waals surface area contributed by atoms with E-state index in [0.717, 1.165) is 0 Å². The summed E-state index contributed by atoms with van der Waals surface area (Å²) in [5.41, 5.74) is 0.590. The van der Waals surface area contributed by atoms with E-state index in [1.54, 1.807) is 31.4 Å². The lowest BCUT2D eigenvalue weighted by Crippen LogP contribution is -1.94. The van der Waals surface area contributed by atoms with Crippen molar-refractivity contribution in [3.8, 4) is 5.75 Å². The Bertz CT molecular complexity index is 305. The number of aliphatic hydroxyl groups excluding tert-OH is 1. The van der Waals surface area contributed by atoms with Crippen LogP contribution in [0.1, 0.15) is 29.1 Å². The molecule has 1 aromatic rings. The number of benzene rings is 1. The van der Waals surface area contributed by atoms with E-state index in [-0.39, 0.29) is 6.42 Å². The summed E-state index contributed by atoms with van der Waals surface area (Å²) < 4.78 is 26.1. The second-order valence-corrected chi connectivity index (χ2v) is 2.49. The van der Waals surface area contributed by atoms with E-state index in [1.807, 2.05) is 0 Å². The summed E-state index contributed by atoms with van der Waals surface area (Å²) in [6.07, 6.45) is -1.19. The Labute approximate surface area is 77.0 Å². The maximum Gasteiger partial charge on any atom is 0.118 e. The van der Waals surface area contributed by atoms with E-state index >= 15 is 0 Å². The molecular formula is C10H14O2. The number of ether oxygens (including phenoxy) is 1. The number of hydrogen-bond acceptors (Lipinski definition) is 2. The van der Waals surface area contributed by atoms with Crippen LogP contribution in [0.3, 0.4) is 0 Å². The quantitative estimate of drug-likeness (QED) is 0.751. The van der Waals surface area contributed by atoms with Crippen molar-refractivity contribution in [1.82, 2.24) is 0 Å². The van der Waals surface area contributed by atoms with Crippen LogP contribution in [0.2, 0.25) is 0 Å². The van der Waals surface area contributed by atoms with E-state index in [1.165, 1.54) is 0 Å². The molecule has 0 aliphatic heterocycles. The van der Waals surface area contributed by atoms with Crippen LogP contribution in [0.25, 0.3) is 0 Å². The van der Waals surface area contributed by atoms with Gasteiger partial charge in [-0.1, -0.05) is 19.0 Å². The molecule has 1 unspecified atom stereocenters. The molecule has 1 rings (SSSR count). The minimum Gasteiger partial charge on any atom is -0.497 e. The van der Waals surface area contributed by atoms with Gasteiger partial charge >= 0.3 is 0 Å². The molecule has 1 atom stereocenters. The van der Waals surface area contributed by atoms with Crippen molar-refractivity contribution in [2.24, 2.45) is 0 Å². The van der Waals surface area contributed by atoms with Crippen molar-refractivity contribution < 1.29 is 14.0 Å². The minimum absolute atomic E-state index is 0.237. The third kappa shape index (κ3) is 1.98. The van der Waals surface area contributed by atoms with Crippen LogP contribution in [0.5, 0.6) is 5.75 Å². The summed E-state index contributed by atoms with van der Waals surface area (Å²) in [6.45, 7) is -2.11. The van der Waals surface area contributed by atoms with Crippen LogP contribution in [0, 0.1) is 0 Å². The summed E-state index contributed by atoms with van der Waals surface area (Å²) in [6, 6.07) is 6.71. The normalized spacial score (nSPS) is 17.3. The van der Waals surface area contributed by atoms with Crippen molar-refractivity contribution >= 4 is 0 Å². The smallest absolute Gasteiger partial charge is 0.118 e. The molecule has 0 saturated carbocycles. The van der Waals surface area contributed by atoms with Crippen LogP contribution in [0.4, 0.5) is 0 Å². The third-order valence-electron chi connectivity index (χ3n) is 1.69. The van der Waals surface area contributed by atoms with Crippen molar-refractivity contribution in [3.05, 3.63) is 29.8 Å². The van der Waals surface area contributed by atoms with Gasteiger partial charge in [0.05, 0.1) is 13.2 Å². The highest BCUT2D eigenvalue weighted by molar-refractivity contribution is 5.28. The first-order valence-corrected chi connectivity index (χ1v) is 3.74. The predicted molar refractivity (Wildman–Crippen MR) is 48.2 cm³/mol. The number of aliphatic hydroxyl groups is 1. The molecule has 0 aromatic heterocycles. The second kappa shape index (κ2) is 4.12. The summed E-state index contributed by atoms with van der Waals surface area (Å²) in [5, 5.41) is 9.62. The number of rotatable bonds is 3. The largest absolute Gasteiger partial charge is 0.497 e. The lowest BCUT2D eigenvalue weighted by molar-refractivity contribution is 0.173. The molecule has 2 nitrogen and oxygen atoms in total. The van der Waals surface area contributed by atoms with E-state index in [4.69, 9.17) is 8.85 Å². The van der Waals surface area contributed by atoms with Gasteiger partial charge in [-0.3, -0.25) is 0 Å². The van der Waals surface area contributed by atoms with Gasteiger partial charge in [-0.05, 0) is 24.1 Å². The zero-order chi connectivity index (χ0) is 11.5. The lowest BCUT2D eigenvalue weighted by Gasteiger charge is -2.08. The molecule has 2 heteroatoms. The average molecular weight is 169 g/mol. The van der Waals surface area contributed by atoms with Crippen LogP contribution >= 0.6 is 0 Å². The fourth-order valence-electron chi connectivity index (χ4n) is 0.944. The van der Waals surface area contributed by atoms with Crippen molar-refractivity contribution in [2.45, 2.75) is 19.4 Å². The van der Waals surface area contributed by atoms with Gasteiger partial charge in [-0.25, -0.2) is 0 Å². The summed E-state index contributed by atoms with van der Waals surface area (Å²) in [4.78, 5) is 0.